The average molecular weight is 312 g/mol. The van der Waals surface area contributed by atoms with Crippen LogP contribution in [0.15, 0.2) is 0 Å². The summed E-state index contributed by atoms with van der Waals surface area (Å²) >= 11 is 0. The minimum absolute atomic E-state index is 0.0171. The van der Waals surface area contributed by atoms with Crippen LogP contribution in [0.1, 0.15) is 40.0 Å². The van der Waals surface area contributed by atoms with Crippen molar-refractivity contribution in [2.24, 2.45) is 5.92 Å². The molecule has 0 aromatic carbocycles. The Morgan fingerprint density at radius 2 is 1.95 bits per heavy atom. The van der Waals surface area contributed by atoms with Crippen LogP contribution in [0.25, 0.3) is 0 Å². The molecule has 0 spiro atoms. The Morgan fingerprint density at radius 3 is 2.47 bits per heavy atom. The lowest BCUT2D eigenvalue weighted by atomic mass is 10.0. The molecule has 19 heavy (non-hydrogen) atoms. The molecule has 0 aromatic heterocycles. The molecule has 0 saturated carbocycles. The lowest BCUT2D eigenvalue weighted by molar-refractivity contribution is 0.0255. The maximum absolute atomic E-state index is 11.9. The SMILES string of the molecule is CC(C)(C)OC(=O)N1CCCC(CS(=O)(=O)Cl)CC1. The van der Waals surface area contributed by atoms with Crippen molar-refractivity contribution in [1.82, 2.24) is 4.90 Å². The molecule has 1 fully saturated rings. The number of nitrogens with zero attached hydrogens (tertiary/aromatic N) is 1. The molecule has 0 aliphatic carbocycles. The van der Waals surface area contributed by atoms with Crippen molar-refractivity contribution in [3.05, 3.63) is 0 Å². The predicted molar refractivity (Wildman–Crippen MR) is 74.8 cm³/mol. The molecule has 1 rings (SSSR count). The zero-order valence-corrected chi connectivity index (χ0v) is 13.3. The molecule has 112 valence electrons. The fraction of sp³-hybridized carbons (Fsp3) is 0.917. The first-order chi connectivity index (χ1) is 8.57. The number of amides is 1. The molecule has 0 aromatic rings. The zero-order chi connectivity index (χ0) is 14.7. The maximum Gasteiger partial charge on any atom is 0.410 e. The molecule has 0 bridgehead atoms. The van der Waals surface area contributed by atoms with Gasteiger partial charge in [0.2, 0.25) is 9.05 Å². The Kier molecular flexibility index (Phi) is 5.50. The normalized spacial score (nSPS) is 21.9. The number of likely N-dealkylation sites (tertiary alicyclic amines) is 1. The zero-order valence-electron chi connectivity index (χ0n) is 11.7. The van der Waals surface area contributed by atoms with Gasteiger partial charge in [0.25, 0.3) is 0 Å². The van der Waals surface area contributed by atoms with Gasteiger partial charge >= 0.3 is 6.09 Å². The maximum atomic E-state index is 11.9. The molecule has 1 saturated heterocycles. The number of rotatable bonds is 2. The molecule has 1 heterocycles. The van der Waals surface area contributed by atoms with Gasteiger partial charge in [0.1, 0.15) is 5.60 Å². The highest BCUT2D eigenvalue weighted by atomic mass is 35.7. The van der Waals surface area contributed by atoms with Gasteiger partial charge in [0, 0.05) is 23.8 Å². The van der Waals surface area contributed by atoms with Crippen molar-refractivity contribution in [3.8, 4) is 0 Å². The summed E-state index contributed by atoms with van der Waals surface area (Å²) in [6.45, 7) is 6.60. The summed E-state index contributed by atoms with van der Waals surface area (Å²) in [5.74, 6) is 0.00594. The minimum atomic E-state index is -3.47. The number of ether oxygens (including phenoxy) is 1. The topological polar surface area (TPSA) is 63.7 Å². The van der Waals surface area contributed by atoms with E-state index in [-0.39, 0.29) is 17.8 Å². The largest absolute Gasteiger partial charge is 0.444 e. The Hall–Kier alpha value is -0.490. The fourth-order valence-corrected chi connectivity index (χ4v) is 3.55. The molecule has 0 N–H and O–H groups in total. The second-order valence-corrected chi connectivity index (χ2v) is 8.79. The summed E-state index contributed by atoms with van der Waals surface area (Å²) in [5.41, 5.74) is -0.512. The third-order valence-corrected chi connectivity index (χ3v) is 4.18. The molecule has 1 aliphatic rings. The molecular weight excluding hydrogens is 290 g/mol. The summed E-state index contributed by atoms with van der Waals surface area (Å²) in [7, 11) is 1.80. The lowest BCUT2D eigenvalue weighted by Crippen LogP contribution is -2.37. The van der Waals surface area contributed by atoms with Gasteiger partial charge in [-0.05, 0) is 46.0 Å². The molecular formula is C12H22ClNO4S. The van der Waals surface area contributed by atoms with Crippen molar-refractivity contribution >= 4 is 25.8 Å². The standard InChI is InChI=1S/C12H22ClNO4S/c1-12(2,3)18-11(15)14-7-4-5-10(6-8-14)9-19(13,16)17/h10H,4-9H2,1-3H3. The highest BCUT2D eigenvalue weighted by Crippen LogP contribution is 2.22. The van der Waals surface area contributed by atoms with Crippen molar-refractivity contribution in [3.63, 3.8) is 0 Å². The van der Waals surface area contributed by atoms with Gasteiger partial charge in [-0.3, -0.25) is 0 Å². The second kappa shape index (κ2) is 6.31. The number of carbonyl (C=O) groups is 1. The van der Waals surface area contributed by atoms with E-state index in [0.717, 1.165) is 12.8 Å². The van der Waals surface area contributed by atoms with E-state index in [9.17, 15) is 13.2 Å². The number of carbonyl (C=O) groups excluding carboxylic acids is 1. The Labute approximate surface area is 119 Å². The molecule has 1 atom stereocenters. The summed E-state index contributed by atoms with van der Waals surface area (Å²) in [6, 6.07) is 0. The highest BCUT2D eigenvalue weighted by molar-refractivity contribution is 8.13. The van der Waals surface area contributed by atoms with Crippen LogP contribution in [-0.4, -0.2) is 43.9 Å². The molecule has 7 heteroatoms. The van der Waals surface area contributed by atoms with Crippen LogP contribution in [0.4, 0.5) is 4.79 Å². The first kappa shape index (κ1) is 16.6. The van der Waals surface area contributed by atoms with Gasteiger partial charge in [-0.2, -0.15) is 0 Å². The first-order valence-electron chi connectivity index (χ1n) is 6.47. The van der Waals surface area contributed by atoms with Crippen LogP contribution < -0.4 is 0 Å². The Bertz CT molecular complexity index is 416. The monoisotopic (exact) mass is 311 g/mol. The van der Waals surface area contributed by atoms with E-state index >= 15 is 0 Å². The van der Waals surface area contributed by atoms with E-state index < -0.39 is 14.7 Å². The third kappa shape index (κ3) is 7.01. The van der Waals surface area contributed by atoms with Gasteiger partial charge in [-0.25, -0.2) is 13.2 Å². The van der Waals surface area contributed by atoms with E-state index in [1.807, 2.05) is 20.8 Å². The van der Waals surface area contributed by atoms with Crippen LogP contribution in [0, 0.1) is 5.92 Å². The van der Waals surface area contributed by atoms with E-state index in [4.69, 9.17) is 15.4 Å². The minimum Gasteiger partial charge on any atom is -0.444 e. The molecule has 1 unspecified atom stereocenters. The highest BCUT2D eigenvalue weighted by Gasteiger charge is 2.26. The average Bonchev–Trinajstić information content (AvgIpc) is 2.38. The Morgan fingerprint density at radius 1 is 1.32 bits per heavy atom. The third-order valence-electron chi connectivity index (χ3n) is 2.93. The summed E-state index contributed by atoms with van der Waals surface area (Å²) in [4.78, 5) is 13.6. The van der Waals surface area contributed by atoms with Crippen molar-refractivity contribution in [2.75, 3.05) is 18.8 Å². The molecule has 1 amide bonds. The van der Waals surface area contributed by atoms with E-state index in [1.165, 1.54) is 0 Å². The molecule has 0 radical (unpaired) electrons. The van der Waals surface area contributed by atoms with Gasteiger partial charge in [0.05, 0.1) is 5.75 Å². The van der Waals surface area contributed by atoms with Crippen LogP contribution in [-0.2, 0) is 13.8 Å². The summed E-state index contributed by atoms with van der Waals surface area (Å²) in [5, 5.41) is 0. The van der Waals surface area contributed by atoms with Crippen LogP contribution in [0.3, 0.4) is 0 Å². The second-order valence-electron chi connectivity index (χ2n) is 5.97. The van der Waals surface area contributed by atoms with Crippen molar-refractivity contribution in [1.29, 1.82) is 0 Å². The van der Waals surface area contributed by atoms with Gasteiger partial charge in [-0.1, -0.05) is 0 Å². The fourth-order valence-electron chi connectivity index (χ4n) is 2.12. The van der Waals surface area contributed by atoms with Crippen LogP contribution >= 0.6 is 10.7 Å². The smallest absolute Gasteiger partial charge is 0.410 e. The number of hydrogen-bond donors (Lipinski definition) is 0. The predicted octanol–water partition coefficient (Wildman–Crippen LogP) is 2.59. The summed E-state index contributed by atoms with van der Waals surface area (Å²) < 4.78 is 27.5. The van der Waals surface area contributed by atoms with E-state index in [0.29, 0.717) is 19.5 Å². The molecule has 1 aliphatic heterocycles. The van der Waals surface area contributed by atoms with E-state index in [2.05, 4.69) is 0 Å². The number of hydrogen-bond acceptors (Lipinski definition) is 4. The van der Waals surface area contributed by atoms with Crippen molar-refractivity contribution < 1.29 is 17.9 Å². The number of halogens is 1. The van der Waals surface area contributed by atoms with Crippen LogP contribution in [0.5, 0.6) is 0 Å². The van der Waals surface area contributed by atoms with Gasteiger partial charge in [-0.15, -0.1) is 0 Å². The quantitative estimate of drug-likeness (QED) is 0.735. The summed E-state index contributed by atoms with van der Waals surface area (Å²) in [6.07, 6.45) is 1.86. The van der Waals surface area contributed by atoms with Gasteiger partial charge in [0.15, 0.2) is 0 Å². The van der Waals surface area contributed by atoms with Crippen molar-refractivity contribution in [2.45, 2.75) is 45.6 Å². The molecule has 5 nitrogen and oxygen atoms in total. The lowest BCUT2D eigenvalue weighted by Gasteiger charge is -2.26. The Balaban J connectivity index is 2.52. The van der Waals surface area contributed by atoms with E-state index in [1.54, 1.807) is 4.90 Å². The van der Waals surface area contributed by atoms with Crippen LogP contribution in [0.2, 0.25) is 0 Å². The first-order valence-corrected chi connectivity index (χ1v) is 8.95. The van der Waals surface area contributed by atoms with Gasteiger partial charge < -0.3 is 9.64 Å².